The predicted octanol–water partition coefficient (Wildman–Crippen LogP) is 0.507. The van der Waals surface area contributed by atoms with Gasteiger partial charge in [-0.1, -0.05) is 18.2 Å². The van der Waals surface area contributed by atoms with Gasteiger partial charge < -0.3 is 10.2 Å². The van der Waals surface area contributed by atoms with Crippen molar-refractivity contribution >= 4 is 37.1 Å². The first-order valence-electron chi connectivity index (χ1n) is 6.56. The van der Waals surface area contributed by atoms with Crippen LogP contribution in [0.2, 0.25) is 0 Å². The Labute approximate surface area is 137 Å². The third kappa shape index (κ3) is 2.73. The Morgan fingerprint density at radius 1 is 0.917 bits per heavy atom. The van der Waals surface area contributed by atoms with Gasteiger partial charge in [-0.2, -0.15) is 16.8 Å². The molecule has 1 aliphatic carbocycles. The third-order valence-corrected chi connectivity index (χ3v) is 5.82. The van der Waals surface area contributed by atoms with Crippen LogP contribution in [0.4, 0.5) is 0 Å². The van der Waals surface area contributed by atoms with E-state index >= 15 is 0 Å². The summed E-state index contributed by atoms with van der Waals surface area (Å²) in [5, 5.41) is 19.2. The van der Waals surface area contributed by atoms with Gasteiger partial charge in [-0.15, -0.1) is 0 Å². The second-order valence-electron chi connectivity index (χ2n) is 5.44. The van der Waals surface area contributed by atoms with Gasteiger partial charge >= 0.3 is 0 Å². The van der Waals surface area contributed by atoms with Crippen LogP contribution in [0.5, 0.6) is 0 Å². The number of aliphatic hydroxyl groups is 2. The summed E-state index contributed by atoms with van der Waals surface area (Å²) < 4.78 is 63.2. The fourth-order valence-electron chi connectivity index (χ4n) is 2.70. The molecule has 10 heteroatoms. The van der Waals surface area contributed by atoms with E-state index in [-0.39, 0.29) is 16.0 Å². The van der Waals surface area contributed by atoms with Crippen molar-refractivity contribution in [3.05, 3.63) is 47.5 Å². The van der Waals surface area contributed by atoms with Crippen molar-refractivity contribution in [1.29, 1.82) is 0 Å². The zero-order valence-corrected chi connectivity index (χ0v) is 13.5. The highest BCUT2D eigenvalue weighted by Gasteiger charge is 2.46. The SMILES string of the molecule is O=S(=O)(O)c1ccc2cc3c(cc2c1)C=CC(S(=O)(=O)O)C3(O)O. The van der Waals surface area contributed by atoms with Crippen LogP contribution in [-0.2, 0) is 26.0 Å². The summed E-state index contributed by atoms with van der Waals surface area (Å²) >= 11 is 0. The minimum Gasteiger partial charge on any atom is -0.361 e. The molecular weight excluding hydrogens is 360 g/mol. The molecule has 2 aromatic carbocycles. The summed E-state index contributed by atoms with van der Waals surface area (Å²) in [6.45, 7) is 0. The second kappa shape index (κ2) is 5.09. The smallest absolute Gasteiger partial charge is 0.294 e. The van der Waals surface area contributed by atoms with E-state index in [0.29, 0.717) is 10.8 Å². The second-order valence-corrected chi connectivity index (χ2v) is 8.40. The molecule has 0 saturated heterocycles. The molecule has 0 radical (unpaired) electrons. The molecule has 0 amide bonds. The first-order valence-corrected chi connectivity index (χ1v) is 9.50. The zero-order valence-electron chi connectivity index (χ0n) is 11.9. The predicted molar refractivity (Wildman–Crippen MR) is 84.2 cm³/mol. The summed E-state index contributed by atoms with van der Waals surface area (Å²) in [6.07, 6.45) is 2.20. The Bertz CT molecular complexity index is 1080. The number of hydrogen-bond donors (Lipinski definition) is 4. The molecule has 3 rings (SSSR count). The van der Waals surface area contributed by atoms with Crippen LogP contribution in [0.3, 0.4) is 0 Å². The van der Waals surface area contributed by atoms with Gasteiger partial charge in [-0.25, -0.2) is 0 Å². The first-order chi connectivity index (χ1) is 10.9. The normalized spacial score (nSPS) is 20.1. The van der Waals surface area contributed by atoms with Crippen molar-refractivity contribution in [2.75, 3.05) is 0 Å². The van der Waals surface area contributed by atoms with E-state index in [1.54, 1.807) is 0 Å². The largest absolute Gasteiger partial charge is 0.361 e. The van der Waals surface area contributed by atoms with Crippen LogP contribution < -0.4 is 0 Å². The lowest BCUT2D eigenvalue weighted by Gasteiger charge is -2.32. The third-order valence-electron chi connectivity index (χ3n) is 3.84. The average Bonchev–Trinajstić information content (AvgIpc) is 2.42. The molecule has 1 unspecified atom stereocenters. The summed E-state index contributed by atoms with van der Waals surface area (Å²) in [4.78, 5) is -0.329. The summed E-state index contributed by atoms with van der Waals surface area (Å²) in [7, 11) is -9.15. The standard InChI is InChI=1S/C14H12O8S2/c15-14(16)12-7-8-1-3-11(23(17,18)19)6-10(8)5-9(12)2-4-13(14)24(20,21)22/h1-7,13,15-16H,(H,17,18,19)(H,20,21,22). The molecule has 0 heterocycles. The Hall–Kier alpha value is -1.82. The van der Waals surface area contributed by atoms with Crippen molar-refractivity contribution in [3.8, 4) is 0 Å². The lowest BCUT2D eigenvalue weighted by Crippen LogP contribution is -2.45. The molecule has 0 fully saturated rings. The van der Waals surface area contributed by atoms with Gasteiger partial charge in [-0.05, 0) is 40.6 Å². The fourth-order valence-corrected chi connectivity index (χ4v) is 4.03. The molecule has 1 aliphatic rings. The number of hydrogen-bond acceptors (Lipinski definition) is 6. The number of benzene rings is 2. The van der Waals surface area contributed by atoms with Gasteiger partial charge in [0.05, 0.1) is 4.90 Å². The molecular formula is C14H12O8S2. The number of rotatable bonds is 2. The molecule has 24 heavy (non-hydrogen) atoms. The van der Waals surface area contributed by atoms with Crippen LogP contribution in [0, 0.1) is 0 Å². The minimum absolute atomic E-state index is 0.153. The maximum absolute atomic E-state index is 11.3. The molecule has 2 aromatic rings. The monoisotopic (exact) mass is 372 g/mol. The molecule has 0 saturated carbocycles. The maximum atomic E-state index is 11.3. The average molecular weight is 372 g/mol. The lowest BCUT2D eigenvalue weighted by atomic mass is 9.89. The van der Waals surface area contributed by atoms with Gasteiger partial charge in [0.15, 0.2) is 5.25 Å². The van der Waals surface area contributed by atoms with E-state index < -0.39 is 31.3 Å². The zero-order chi connectivity index (χ0) is 17.9. The summed E-state index contributed by atoms with van der Waals surface area (Å²) in [5.74, 6) is -2.85. The molecule has 1 atom stereocenters. The Balaban J connectivity index is 2.26. The summed E-state index contributed by atoms with van der Waals surface area (Å²) in [6, 6.07) is 6.34. The quantitative estimate of drug-likeness (QED) is 0.440. The Kier molecular flexibility index (Phi) is 3.61. The van der Waals surface area contributed by atoms with Crippen molar-refractivity contribution in [2.24, 2.45) is 0 Å². The highest BCUT2D eigenvalue weighted by Crippen LogP contribution is 2.37. The molecule has 8 nitrogen and oxygen atoms in total. The summed E-state index contributed by atoms with van der Waals surface area (Å²) in [5.41, 5.74) is 0.0830. The van der Waals surface area contributed by atoms with Gasteiger partial charge in [0.2, 0.25) is 5.79 Å². The van der Waals surface area contributed by atoms with Gasteiger partial charge in [0, 0.05) is 5.56 Å². The van der Waals surface area contributed by atoms with Crippen LogP contribution >= 0.6 is 0 Å². The van der Waals surface area contributed by atoms with E-state index in [9.17, 15) is 27.0 Å². The fraction of sp³-hybridized carbons (Fsp3) is 0.143. The van der Waals surface area contributed by atoms with Crippen molar-refractivity contribution < 1.29 is 36.2 Å². The highest BCUT2D eigenvalue weighted by atomic mass is 32.2. The van der Waals surface area contributed by atoms with Gasteiger partial charge in [-0.3, -0.25) is 9.11 Å². The van der Waals surface area contributed by atoms with E-state index in [4.69, 9.17) is 9.11 Å². The van der Waals surface area contributed by atoms with E-state index in [0.717, 1.165) is 12.1 Å². The van der Waals surface area contributed by atoms with Crippen molar-refractivity contribution in [3.63, 3.8) is 0 Å². The van der Waals surface area contributed by atoms with Crippen LogP contribution in [0.1, 0.15) is 11.1 Å². The Morgan fingerprint density at radius 3 is 2.17 bits per heavy atom. The van der Waals surface area contributed by atoms with E-state index in [1.807, 2.05) is 0 Å². The number of fused-ring (bicyclic) bond motifs is 2. The maximum Gasteiger partial charge on any atom is 0.294 e. The van der Waals surface area contributed by atoms with Crippen LogP contribution in [0.15, 0.2) is 41.3 Å². The molecule has 0 aromatic heterocycles. The highest BCUT2D eigenvalue weighted by molar-refractivity contribution is 7.86. The van der Waals surface area contributed by atoms with Crippen molar-refractivity contribution in [2.45, 2.75) is 15.9 Å². The van der Waals surface area contributed by atoms with Crippen LogP contribution in [-0.4, -0.2) is 41.4 Å². The topological polar surface area (TPSA) is 149 Å². The molecule has 4 N–H and O–H groups in total. The molecule has 0 aliphatic heterocycles. The van der Waals surface area contributed by atoms with Crippen molar-refractivity contribution in [1.82, 2.24) is 0 Å². The van der Waals surface area contributed by atoms with E-state index in [2.05, 4.69) is 0 Å². The molecule has 128 valence electrons. The van der Waals surface area contributed by atoms with Gasteiger partial charge in [0.1, 0.15) is 0 Å². The molecule has 0 spiro atoms. The minimum atomic E-state index is -4.75. The lowest BCUT2D eigenvalue weighted by molar-refractivity contribution is -0.164. The first kappa shape index (κ1) is 17.0. The van der Waals surface area contributed by atoms with E-state index in [1.165, 1.54) is 30.3 Å². The Morgan fingerprint density at radius 2 is 1.58 bits per heavy atom. The van der Waals surface area contributed by atoms with Crippen LogP contribution in [0.25, 0.3) is 16.8 Å². The molecule has 0 bridgehead atoms. The van der Waals surface area contributed by atoms with Gasteiger partial charge in [0.25, 0.3) is 20.2 Å².